The van der Waals surface area contributed by atoms with Gasteiger partial charge in [-0.15, -0.1) is 0 Å². The van der Waals surface area contributed by atoms with Crippen molar-refractivity contribution < 1.29 is 5.11 Å². The number of aliphatic hydroxyl groups is 1. The van der Waals surface area contributed by atoms with Gasteiger partial charge in [0.1, 0.15) is 0 Å². The van der Waals surface area contributed by atoms with Gasteiger partial charge in [0.05, 0.1) is 6.61 Å². The molecule has 22 heavy (non-hydrogen) atoms. The minimum Gasteiger partial charge on any atom is -0.392 e. The van der Waals surface area contributed by atoms with E-state index < -0.39 is 0 Å². The predicted octanol–water partition coefficient (Wildman–Crippen LogP) is 5.61. The highest BCUT2D eigenvalue weighted by Crippen LogP contribution is 2.59. The number of rotatable bonds is 5. The zero-order chi connectivity index (χ0) is 16.3. The Morgan fingerprint density at radius 1 is 1.18 bits per heavy atom. The first-order chi connectivity index (χ1) is 10.4. The van der Waals surface area contributed by atoms with Gasteiger partial charge in [-0.1, -0.05) is 58.4 Å². The fraction of sp³-hybridized carbons (Fsp3) is 0.810. The van der Waals surface area contributed by atoms with Crippen molar-refractivity contribution in [2.24, 2.45) is 35.0 Å². The molecular weight excluding hydrogens is 268 g/mol. The lowest BCUT2D eigenvalue weighted by Crippen LogP contribution is -2.35. The van der Waals surface area contributed by atoms with Gasteiger partial charge in [0.2, 0.25) is 0 Å². The molecule has 1 heteroatoms. The van der Waals surface area contributed by atoms with E-state index in [1.54, 1.807) is 5.57 Å². The summed E-state index contributed by atoms with van der Waals surface area (Å²) in [6, 6.07) is 0. The first-order valence-electron chi connectivity index (χ1n) is 9.38. The molecule has 0 aliphatic heterocycles. The van der Waals surface area contributed by atoms with Crippen LogP contribution in [0.3, 0.4) is 0 Å². The third-order valence-electron chi connectivity index (χ3n) is 6.80. The number of allylic oxidation sites excluding steroid dienone is 3. The van der Waals surface area contributed by atoms with E-state index in [4.69, 9.17) is 0 Å². The van der Waals surface area contributed by atoms with Crippen LogP contribution in [-0.2, 0) is 0 Å². The minimum absolute atomic E-state index is 0.216. The zero-order valence-corrected chi connectivity index (χ0v) is 15.3. The molecule has 126 valence electrons. The molecule has 0 aromatic heterocycles. The van der Waals surface area contributed by atoms with E-state index in [1.807, 2.05) is 0 Å². The maximum Gasteiger partial charge on any atom is 0.0615 e. The SMILES string of the molecule is CC(C)[C@@H](C)/C=C/[C@@H](C)C1CC[C@H]2/C(=C/CO)CCC[C@]12C. The summed E-state index contributed by atoms with van der Waals surface area (Å²) in [5.41, 5.74) is 2.00. The van der Waals surface area contributed by atoms with Gasteiger partial charge in [-0.25, -0.2) is 0 Å². The van der Waals surface area contributed by atoms with E-state index in [9.17, 15) is 5.11 Å². The zero-order valence-electron chi connectivity index (χ0n) is 15.3. The Hall–Kier alpha value is -0.560. The van der Waals surface area contributed by atoms with Crippen LogP contribution < -0.4 is 0 Å². The van der Waals surface area contributed by atoms with Gasteiger partial charge in [-0.05, 0) is 67.1 Å². The van der Waals surface area contributed by atoms with Gasteiger partial charge < -0.3 is 5.11 Å². The molecule has 0 aromatic rings. The van der Waals surface area contributed by atoms with Crippen molar-refractivity contribution >= 4 is 0 Å². The number of hydrogen-bond donors (Lipinski definition) is 1. The molecular formula is C21H36O. The Kier molecular flexibility index (Phi) is 5.94. The van der Waals surface area contributed by atoms with Crippen LogP contribution in [0.25, 0.3) is 0 Å². The molecule has 0 aromatic carbocycles. The third kappa shape index (κ3) is 3.50. The molecule has 0 amide bonds. The highest BCUT2D eigenvalue weighted by Gasteiger charge is 2.50. The molecule has 2 fully saturated rings. The smallest absolute Gasteiger partial charge is 0.0615 e. The maximum atomic E-state index is 9.31. The van der Waals surface area contributed by atoms with Crippen molar-refractivity contribution in [3.8, 4) is 0 Å². The Morgan fingerprint density at radius 3 is 2.55 bits per heavy atom. The quantitative estimate of drug-likeness (QED) is 0.655. The number of aliphatic hydroxyl groups excluding tert-OH is 1. The second kappa shape index (κ2) is 7.34. The maximum absolute atomic E-state index is 9.31. The van der Waals surface area contributed by atoms with Crippen LogP contribution >= 0.6 is 0 Å². The summed E-state index contributed by atoms with van der Waals surface area (Å²) >= 11 is 0. The van der Waals surface area contributed by atoms with Gasteiger partial charge in [0, 0.05) is 0 Å². The second-order valence-corrected chi connectivity index (χ2v) is 8.40. The molecule has 1 N–H and O–H groups in total. The lowest BCUT2D eigenvalue weighted by atomic mass is 9.61. The van der Waals surface area contributed by atoms with Gasteiger partial charge in [-0.3, -0.25) is 0 Å². The van der Waals surface area contributed by atoms with E-state index in [2.05, 4.69) is 52.8 Å². The van der Waals surface area contributed by atoms with Crippen LogP contribution in [0.15, 0.2) is 23.8 Å². The topological polar surface area (TPSA) is 20.2 Å². The van der Waals surface area contributed by atoms with E-state index >= 15 is 0 Å². The monoisotopic (exact) mass is 304 g/mol. The van der Waals surface area contributed by atoms with Crippen LogP contribution in [0.2, 0.25) is 0 Å². The highest BCUT2D eigenvalue weighted by atomic mass is 16.2. The first kappa shape index (κ1) is 17.8. The number of fused-ring (bicyclic) bond motifs is 1. The summed E-state index contributed by atoms with van der Waals surface area (Å²) in [6.07, 6.45) is 13.6. The lowest BCUT2D eigenvalue weighted by Gasteiger charge is -2.44. The molecule has 5 atom stereocenters. The average molecular weight is 305 g/mol. The van der Waals surface area contributed by atoms with Crippen LogP contribution in [0, 0.1) is 35.0 Å². The van der Waals surface area contributed by atoms with Gasteiger partial charge in [0.25, 0.3) is 0 Å². The van der Waals surface area contributed by atoms with Crippen LogP contribution in [0.5, 0.6) is 0 Å². The second-order valence-electron chi connectivity index (χ2n) is 8.40. The van der Waals surface area contributed by atoms with Crippen molar-refractivity contribution in [1.82, 2.24) is 0 Å². The third-order valence-corrected chi connectivity index (χ3v) is 6.80. The fourth-order valence-electron chi connectivity index (χ4n) is 5.01. The lowest BCUT2D eigenvalue weighted by molar-refractivity contribution is 0.111. The van der Waals surface area contributed by atoms with E-state index in [0.29, 0.717) is 17.3 Å². The summed E-state index contributed by atoms with van der Waals surface area (Å²) < 4.78 is 0. The summed E-state index contributed by atoms with van der Waals surface area (Å²) in [5, 5.41) is 9.31. The Morgan fingerprint density at radius 2 is 1.91 bits per heavy atom. The molecule has 2 aliphatic carbocycles. The first-order valence-corrected chi connectivity index (χ1v) is 9.38. The molecule has 0 radical (unpaired) electrons. The molecule has 0 spiro atoms. The molecule has 2 saturated carbocycles. The number of hydrogen-bond acceptors (Lipinski definition) is 1. The van der Waals surface area contributed by atoms with Crippen molar-refractivity contribution in [3.05, 3.63) is 23.8 Å². The minimum atomic E-state index is 0.216. The van der Waals surface area contributed by atoms with Gasteiger partial charge >= 0.3 is 0 Å². The van der Waals surface area contributed by atoms with Crippen molar-refractivity contribution in [1.29, 1.82) is 0 Å². The molecule has 1 unspecified atom stereocenters. The average Bonchev–Trinajstić information content (AvgIpc) is 2.82. The van der Waals surface area contributed by atoms with Gasteiger partial charge in [0.15, 0.2) is 0 Å². The largest absolute Gasteiger partial charge is 0.392 e. The summed E-state index contributed by atoms with van der Waals surface area (Å²) in [4.78, 5) is 0. The molecule has 0 bridgehead atoms. The molecule has 0 saturated heterocycles. The highest BCUT2D eigenvalue weighted by molar-refractivity contribution is 5.19. The van der Waals surface area contributed by atoms with Crippen molar-refractivity contribution in [2.75, 3.05) is 6.61 Å². The predicted molar refractivity (Wildman–Crippen MR) is 95.6 cm³/mol. The van der Waals surface area contributed by atoms with Crippen LogP contribution in [-0.4, -0.2) is 11.7 Å². The standard InChI is InChI=1S/C21H36O/c1-15(2)16(3)8-9-17(4)19-10-11-20-18(12-14-22)7-6-13-21(19,20)5/h8-9,12,15-17,19-20,22H,6-7,10-11,13-14H2,1-5H3/b9-8+,18-12+/t16-,17+,19?,20-,21+/m0/s1. The fourth-order valence-corrected chi connectivity index (χ4v) is 5.01. The van der Waals surface area contributed by atoms with E-state index in [0.717, 1.165) is 17.8 Å². The van der Waals surface area contributed by atoms with Crippen molar-refractivity contribution in [3.63, 3.8) is 0 Å². The van der Waals surface area contributed by atoms with Crippen LogP contribution in [0.4, 0.5) is 0 Å². The summed E-state index contributed by atoms with van der Waals surface area (Å²) in [5.74, 6) is 3.59. The molecule has 0 heterocycles. The summed E-state index contributed by atoms with van der Waals surface area (Å²) in [6.45, 7) is 12.1. The van der Waals surface area contributed by atoms with Gasteiger partial charge in [-0.2, -0.15) is 0 Å². The van der Waals surface area contributed by atoms with E-state index in [1.165, 1.54) is 32.1 Å². The van der Waals surface area contributed by atoms with E-state index in [-0.39, 0.29) is 6.61 Å². The normalized spacial score (nSPS) is 37.0. The Balaban J connectivity index is 2.11. The summed E-state index contributed by atoms with van der Waals surface area (Å²) in [7, 11) is 0. The Labute approximate surface area is 137 Å². The Bertz CT molecular complexity index is 420. The molecule has 2 aliphatic rings. The molecule has 1 nitrogen and oxygen atoms in total. The van der Waals surface area contributed by atoms with Crippen LogP contribution in [0.1, 0.15) is 66.7 Å². The van der Waals surface area contributed by atoms with Crippen molar-refractivity contribution in [2.45, 2.75) is 66.7 Å². The molecule has 2 rings (SSSR count).